The van der Waals surface area contributed by atoms with E-state index >= 15 is 0 Å². The maximum atomic E-state index is 5.54. The Hall–Kier alpha value is -2.44. The van der Waals surface area contributed by atoms with Gasteiger partial charge in [-0.05, 0) is 62.9 Å². The number of ether oxygens (including phenoxy) is 1. The van der Waals surface area contributed by atoms with Gasteiger partial charge in [0.2, 0.25) is 0 Å². The average Bonchev–Trinajstić information content (AvgIpc) is 3.32. The number of hydrogen-bond donors (Lipinski definition) is 2. The second-order valence-corrected chi connectivity index (χ2v) is 9.33. The summed E-state index contributed by atoms with van der Waals surface area (Å²) in [5, 5.41) is 3.80. The lowest BCUT2D eigenvalue weighted by Crippen LogP contribution is -2.36. The zero-order valence-electron chi connectivity index (χ0n) is 19.0. The van der Waals surface area contributed by atoms with Crippen molar-refractivity contribution in [2.24, 2.45) is 0 Å². The molecule has 164 valence electrons. The van der Waals surface area contributed by atoms with Gasteiger partial charge in [0.15, 0.2) is 5.65 Å². The van der Waals surface area contributed by atoms with Crippen molar-refractivity contribution in [2.75, 3.05) is 19.5 Å². The van der Waals surface area contributed by atoms with Gasteiger partial charge in [-0.25, -0.2) is 9.97 Å². The fourth-order valence-corrected chi connectivity index (χ4v) is 5.49. The number of benzene rings is 1. The Labute approximate surface area is 184 Å². The molecule has 1 aliphatic carbocycles. The number of aryl methyl sites for hydroxylation is 1. The molecule has 6 heteroatoms. The predicted octanol–water partition coefficient (Wildman–Crippen LogP) is 4.93. The molecule has 2 aromatic heterocycles. The molecule has 5 rings (SSSR count). The van der Waals surface area contributed by atoms with E-state index in [1.54, 1.807) is 0 Å². The highest BCUT2D eigenvalue weighted by molar-refractivity contribution is 5.77. The van der Waals surface area contributed by atoms with Crippen molar-refractivity contribution < 1.29 is 4.74 Å². The summed E-state index contributed by atoms with van der Waals surface area (Å²) in [5.41, 5.74) is 7.09. The number of nitrogens with one attached hydrogen (secondary N) is 2. The third-order valence-electron chi connectivity index (χ3n) is 7.33. The van der Waals surface area contributed by atoms with E-state index in [2.05, 4.69) is 63.4 Å². The summed E-state index contributed by atoms with van der Waals surface area (Å²) in [5.74, 6) is 1.29. The number of fused-ring (bicyclic) bond motifs is 2. The van der Waals surface area contributed by atoms with Crippen LogP contribution in [0.25, 0.3) is 11.2 Å². The van der Waals surface area contributed by atoms with E-state index in [4.69, 9.17) is 4.74 Å². The summed E-state index contributed by atoms with van der Waals surface area (Å²) in [7, 11) is 4.10. The third kappa shape index (κ3) is 3.83. The topological polar surface area (TPSA) is 66.1 Å². The summed E-state index contributed by atoms with van der Waals surface area (Å²) >= 11 is 0. The number of pyridine rings is 1. The molecule has 0 saturated heterocycles. The number of aromatic amines is 1. The van der Waals surface area contributed by atoms with Crippen LogP contribution in [0, 0.1) is 6.92 Å². The molecule has 6 nitrogen and oxygen atoms in total. The van der Waals surface area contributed by atoms with Gasteiger partial charge in [-0.2, -0.15) is 0 Å². The standard InChI is InChI=1S/C25H33N5O/c1-15-20-10-5-17(14-30(3)18-6-8-19(31-4)9-7-18)13-22(20)29-23(15)21-11-12-26-25-24(21)27-16(2)28-25/h5,10-13,15,18-19,23,29H,6-9,14H2,1-4H3,(H,26,27,28). The number of rotatable bonds is 5. The first-order valence-electron chi connectivity index (χ1n) is 11.5. The molecule has 2 aliphatic rings. The molecule has 0 amide bonds. The maximum absolute atomic E-state index is 5.54. The Balaban J connectivity index is 1.32. The summed E-state index contributed by atoms with van der Waals surface area (Å²) < 4.78 is 5.54. The number of hydrogen-bond acceptors (Lipinski definition) is 5. The van der Waals surface area contributed by atoms with Gasteiger partial charge in [0, 0.05) is 43.1 Å². The zero-order valence-corrected chi connectivity index (χ0v) is 19.0. The molecule has 2 atom stereocenters. The van der Waals surface area contributed by atoms with Crippen LogP contribution in [0.1, 0.15) is 67.1 Å². The molecule has 3 aromatic rings. The lowest BCUT2D eigenvalue weighted by Gasteiger charge is -2.34. The summed E-state index contributed by atoms with van der Waals surface area (Å²) in [6.07, 6.45) is 7.10. The van der Waals surface area contributed by atoms with Crippen LogP contribution in [0.2, 0.25) is 0 Å². The van der Waals surface area contributed by atoms with Crippen LogP contribution >= 0.6 is 0 Å². The molecule has 2 unspecified atom stereocenters. The van der Waals surface area contributed by atoms with Gasteiger partial charge in [-0.15, -0.1) is 0 Å². The van der Waals surface area contributed by atoms with Gasteiger partial charge in [0.1, 0.15) is 5.82 Å². The quantitative estimate of drug-likeness (QED) is 0.614. The normalized spacial score (nSPS) is 25.7. The van der Waals surface area contributed by atoms with Crippen LogP contribution in [-0.4, -0.2) is 46.2 Å². The van der Waals surface area contributed by atoms with Gasteiger partial charge in [-0.3, -0.25) is 4.90 Å². The van der Waals surface area contributed by atoms with Gasteiger partial charge in [-0.1, -0.05) is 19.1 Å². The van der Waals surface area contributed by atoms with E-state index < -0.39 is 0 Å². The molecule has 0 spiro atoms. The second-order valence-electron chi connectivity index (χ2n) is 9.33. The smallest absolute Gasteiger partial charge is 0.178 e. The number of methoxy groups -OCH3 is 1. The molecule has 3 heterocycles. The molecule has 0 bridgehead atoms. The largest absolute Gasteiger partial charge is 0.381 e. The Morgan fingerprint density at radius 1 is 1.13 bits per heavy atom. The van der Waals surface area contributed by atoms with Crippen molar-refractivity contribution in [2.45, 2.75) is 70.2 Å². The number of nitrogens with zero attached hydrogens (tertiary/aromatic N) is 3. The highest BCUT2D eigenvalue weighted by Crippen LogP contribution is 2.45. The fraction of sp³-hybridized carbons (Fsp3) is 0.520. The van der Waals surface area contributed by atoms with Crippen molar-refractivity contribution in [3.05, 3.63) is 53.0 Å². The van der Waals surface area contributed by atoms with Crippen LogP contribution in [0.3, 0.4) is 0 Å². The molecule has 1 fully saturated rings. The van der Waals surface area contributed by atoms with E-state index in [1.165, 1.54) is 48.1 Å². The van der Waals surface area contributed by atoms with Crippen molar-refractivity contribution >= 4 is 16.9 Å². The van der Waals surface area contributed by atoms with Gasteiger partial charge in [0.05, 0.1) is 17.7 Å². The van der Waals surface area contributed by atoms with E-state index in [1.807, 2.05) is 20.2 Å². The van der Waals surface area contributed by atoms with E-state index in [9.17, 15) is 0 Å². The Kier molecular flexibility index (Phi) is 5.44. The Bertz CT molecular complexity index is 1070. The summed E-state index contributed by atoms with van der Waals surface area (Å²) in [4.78, 5) is 14.9. The molecule has 1 saturated carbocycles. The van der Waals surface area contributed by atoms with Gasteiger partial charge < -0.3 is 15.0 Å². The number of aromatic nitrogens is 3. The highest BCUT2D eigenvalue weighted by Gasteiger charge is 2.32. The molecular formula is C25H33N5O. The van der Waals surface area contributed by atoms with E-state index in [0.717, 1.165) is 23.5 Å². The fourth-order valence-electron chi connectivity index (χ4n) is 5.49. The van der Waals surface area contributed by atoms with Crippen LogP contribution in [0.5, 0.6) is 0 Å². The number of anilines is 1. The van der Waals surface area contributed by atoms with Crippen LogP contribution in [0.4, 0.5) is 5.69 Å². The van der Waals surface area contributed by atoms with Crippen LogP contribution in [-0.2, 0) is 11.3 Å². The molecule has 0 radical (unpaired) electrons. The average molecular weight is 420 g/mol. The minimum atomic E-state index is 0.220. The first-order valence-corrected chi connectivity index (χ1v) is 11.5. The number of imidazole rings is 1. The highest BCUT2D eigenvalue weighted by atomic mass is 16.5. The van der Waals surface area contributed by atoms with E-state index in [-0.39, 0.29) is 6.04 Å². The molecular weight excluding hydrogens is 386 g/mol. The molecule has 2 N–H and O–H groups in total. The lowest BCUT2D eigenvalue weighted by molar-refractivity contribution is 0.0427. The predicted molar refractivity (Wildman–Crippen MR) is 124 cm³/mol. The Morgan fingerprint density at radius 3 is 2.71 bits per heavy atom. The first-order chi connectivity index (χ1) is 15.0. The first kappa shape index (κ1) is 20.5. The molecule has 1 aromatic carbocycles. The lowest BCUT2D eigenvalue weighted by atomic mass is 9.91. The summed E-state index contributed by atoms with van der Waals surface area (Å²) in [6.45, 7) is 5.27. The van der Waals surface area contributed by atoms with Crippen molar-refractivity contribution in [3.8, 4) is 0 Å². The van der Waals surface area contributed by atoms with Gasteiger partial charge in [0.25, 0.3) is 0 Å². The minimum absolute atomic E-state index is 0.220. The number of H-pyrrole nitrogens is 1. The van der Waals surface area contributed by atoms with Gasteiger partial charge >= 0.3 is 0 Å². The van der Waals surface area contributed by atoms with E-state index in [0.29, 0.717) is 18.1 Å². The monoisotopic (exact) mass is 419 g/mol. The minimum Gasteiger partial charge on any atom is -0.381 e. The van der Waals surface area contributed by atoms with Crippen molar-refractivity contribution in [1.82, 2.24) is 19.9 Å². The maximum Gasteiger partial charge on any atom is 0.178 e. The Morgan fingerprint density at radius 2 is 1.94 bits per heavy atom. The second kappa shape index (κ2) is 8.24. The summed E-state index contributed by atoms with van der Waals surface area (Å²) in [6, 6.07) is 9.95. The van der Waals surface area contributed by atoms with Crippen LogP contribution < -0.4 is 5.32 Å². The molecule has 1 aliphatic heterocycles. The van der Waals surface area contributed by atoms with Crippen LogP contribution in [0.15, 0.2) is 30.5 Å². The van der Waals surface area contributed by atoms with Crippen molar-refractivity contribution in [1.29, 1.82) is 0 Å². The third-order valence-corrected chi connectivity index (χ3v) is 7.33. The zero-order chi connectivity index (χ0) is 21.5. The molecule has 31 heavy (non-hydrogen) atoms. The van der Waals surface area contributed by atoms with Crippen molar-refractivity contribution in [3.63, 3.8) is 0 Å². The SMILES string of the molecule is COC1CCC(N(C)Cc2ccc3c(c2)NC(c2ccnc4nc(C)[nH]c24)C3C)CC1.